The summed E-state index contributed by atoms with van der Waals surface area (Å²) in [5.41, 5.74) is -0.806. The summed E-state index contributed by atoms with van der Waals surface area (Å²) in [7, 11) is 0. The maximum atomic E-state index is 12.6. The second-order valence-electron chi connectivity index (χ2n) is 9.51. The molecule has 0 aromatic heterocycles. The number of unbranched alkanes of at least 4 members (excludes halogenated alkanes) is 3. The lowest BCUT2D eigenvalue weighted by Crippen LogP contribution is -2.52. The first kappa shape index (κ1) is 22.2. The maximum absolute atomic E-state index is 12.6. The van der Waals surface area contributed by atoms with Crippen LogP contribution in [0.1, 0.15) is 104 Å². The molecule has 0 saturated heterocycles. The summed E-state index contributed by atoms with van der Waals surface area (Å²) in [5, 5.41) is 20.1. The smallest absolute Gasteiger partial charge is 0.310 e. The molecule has 2 fully saturated rings. The predicted octanol–water partition coefficient (Wildman–Crippen LogP) is 6.14. The quantitative estimate of drug-likeness (QED) is 0.447. The summed E-state index contributed by atoms with van der Waals surface area (Å²) in [6, 6.07) is 0. The van der Waals surface area contributed by atoms with Gasteiger partial charge in [0.2, 0.25) is 0 Å². The number of hydrogen-bond donors (Lipinski definition) is 2. The monoisotopic (exact) mass is 380 g/mol. The van der Waals surface area contributed by atoms with Crippen LogP contribution < -0.4 is 0 Å². The Kier molecular flexibility index (Phi) is 8.62. The van der Waals surface area contributed by atoms with Crippen molar-refractivity contribution < 1.29 is 19.8 Å². The van der Waals surface area contributed by atoms with Crippen LogP contribution in [0.5, 0.6) is 0 Å². The number of rotatable bonds is 10. The topological polar surface area (TPSA) is 74.6 Å². The molecular formula is C23H40O4. The van der Waals surface area contributed by atoms with Gasteiger partial charge >= 0.3 is 11.9 Å². The first-order valence-electron chi connectivity index (χ1n) is 11.4. The number of hydrogen-bond acceptors (Lipinski definition) is 2. The van der Waals surface area contributed by atoms with E-state index in [1.165, 1.54) is 25.7 Å². The van der Waals surface area contributed by atoms with Crippen LogP contribution in [0.4, 0.5) is 0 Å². The van der Waals surface area contributed by atoms with Crippen molar-refractivity contribution >= 4 is 11.9 Å². The molecule has 2 aliphatic carbocycles. The van der Waals surface area contributed by atoms with Gasteiger partial charge in [-0.25, -0.2) is 0 Å². The van der Waals surface area contributed by atoms with Gasteiger partial charge in [0.15, 0.2) is 0 Å². The van der Waals surface area contributed by atoms with E-state index >= 15 is 0 Å². The zero-order chi connectivity index (χ0) is 19.9. The van der Waals surface area contributed by atoms with E-state index in [0.29, 0.717) is 12.8 Å². The van der Waals surface area contributed by atoms with Gasteiger partial charge in [0.25, 0.3) is 0 Å². The number of carbonyl (C=O) groups is 2. The number of carboxylic acids is 2. The van der Waals surface area contributed by atoms with Gasteiger partial charge in [-0.1, -0.05) is 71.6 Å². The molecule has 0 aromatic carbocycles. The fourth-order valence-corrected chi connectivity index (χ4v) is 5.95. The van der Waals surface area contributed by atoms with Crippen molar-refractivity contribution in [3.8, 4) is 0 Å². The molecule has 0 bridgehead atoms. The van der Waals surface area contributed by atoms with Crippen molar-refractivity contribution in [2.24, 2.45) is 29.1 Å². The number of carboxylic acid groups (broad SMARTS) is 2. The van der Waals surface area contributed by atoms with E-state index in [1.807, 2.05) is 0 Å². The summed E-state index contributed by atoms with van der Waals surface area (Å²) in [4.78, 5) is 24.5. The van der Waals surface area contributed by atoms with Gasteiger partial charge < -0.3 is 10.2 Å². The van der Waals surface area contributed by atoms with Crippen molar-refractivity contribution in [1.82, 2.24) is 0 Å². The van der Waals surface area contributed by atoms with E-state index in [4.69, 9.17) is 0 Å². The molecule has 2 N–H and O–H groups in total. The second kappa shape index (κ2) is 10.5. The van der Waals surface area contributed by atoms with Crippen molar-refractivity contribution in [3.05, 3.63) is 0 Å². The van der Waals surface area contributed by atoms with Crippen LogP contribution in [0.2, 0.25) is 0 Å². The highest BCUT2D eigenvalue weighted by Gasteiger charge is 2.56. The minimum atomic E-state index is -0.806. The van der Waals surface area contributed by atoms with E-state index in [1.54, 1.807) is 0 Å². The van der Waals surface area contributed by atoms with Crippen LogP contribution in [0.15, 0.2) is 0 Å². The van der Waals surface area contributed by atoms with E-state index in [2.05, 4.69) is 13.8 Å². The Balaban J connectivity index is 2.10. The molecule has 3 unspecified atom stereocenters. The van der Waals surface area contributed by atoms with Gasteiger partial charge in [-0.15, -0.1) is 0 Å². The van der Waals surface area contributed by atoms with Gasteiger partial charge in [0.05, 0.1) is 11.3 Å². The van der Waals surface area contributed by atoms with Crippen LogP contribution in [0.3, 0.4) is 0 Å². The summed E-state index contributed by atoms with van der Waals surface area (Å²) in [6.07, 6.45) is 13.8. The van der Waals surface area contributed by atoms with E-state index in [-0.39, 0.29) is 11.8 Å². The van der Waals surface area contributed by atoms with Gasteiger partial charge in [-0.3, -0.25) is 9.59 Å². The first-order valence-corrected chi connectivity index (χ1v) is 11.4. The van der Waals surface area contributed by atoms with E-state index < -0.39 is 23.3 Å². The lowest BCUT2D eigenvalue weighted by atomic mass is 9.52. The SMILES string of the molecule is CC(C)CCCCCCC1C(C(=O)O)CCCC1(C(=O)O)C1CCCCC1. The summed E-state index contributed by atoms with van der Waals surface area (Å²) in [5.74, 6) is -1.28. The van der Waals surface area contributed by atoms with Crippen LogP contribution in [-0.4, -0.2) is 22.2 Å². The molecule has 4 heteroatoms. The van der Waals surface area contributed by atoms with Crippen LogP contribution in [-0.2, 0) is 9.59 Å². The highest BCUT2D eigenvalue weighted by Crippen LogP contribution is 2.55. The molecule has 156 valence electrons. The van der Waals surface area contributed by atoms with Gasteiger partial charge in [-0.05, 0) is 49.9 Å². The van der Waals surface area contributed by atoms with Crippen molar-refractivity contribution in [3.63, 3.8) is 0 Å². The second-order valence-corrected chi connectivity index (χ2v) is 9.51. The number of aliphatic carboxylic acids is 2. The van der Waals surface area contributed by atoms with Crippen LogP contribution in [0, 0.1) is 29.1 Å². The Hall–Kier alpha value is -1.06. The molecule has 0 aromatic rings. The third-order valence-corrected chi connectivity index (χ3v) is 7.35. The van der Waals surface area contributed by atoms with Crippen LogP contribution in [0.25, 0.3) is 0 Å². The molecule has 27 heavy (non-hydrogen) atoms. The van der Waals surface area contributed by atoms with Crippen molar-refractivity contribution in [2.75, 3.05) is 0 Å². The molecule has 3 atom stereocenters. The van der Waals surface area contributed by atoms with Crippen molar-refractivity contribution in [2.45, 2.75) is 104 Å². The molecule has 2 aliphatic rings. The molecule has 0 radical (unpaired) electrons. The fourth-order valence-electron chi connectivity index (χ4n) is 5.95. The molecule has 0 amide bonds. The lowest BCUT2D eigenvalue weighted by Gasteiger charge is -2.50. The molecule has 0 spiro atoms. The summed E-state index contributed by atoms with van der Waals surface area (Å²) >= 11 is 0. The third kappa shape index (κ3) is 5.48. The highest BCUT2D eigenvalue weighted by molar-refractivity contribution is 5.78. The summed E-state index contributed by atoms with van der Waals surface area (Å²) in [6.45, 7) is 4.48. The van der Waals surface area contributed by atoms with E-state index in [0.717, 1.165) is 57.3 Å². The average Bonchev–Trinajstić information content (AvgIpc) is 2.64. The molecule has 0 aliphatic heterocycles. The summed E-state index contributed by atoms with van der Waals surface area (Å²) < 4.78 is 0. The molecule has 2 rings (SSSR count). The maximum Gasteiger partial charge on any atom is 0.310 e. The minimum absolute atomic E-state index is 0.164. The minimum Gasteiger partial charge on any atom is -0.481 e. The lowest BCUT2D eigenvalue weighted by molar-refractivity contribution is -0.171. The fraction of sp³-hybridized carbons (Fsp3) is 0.913. The van der Waals surface area contributed by atoms with Gasteiger partial charge in [0.1, 0.15) is 0 Å². The van der Waals surface area contributed by atoms with Crippen molar-refractivity contribution in [1.29, 1.82) is 0 Å². The Morgan fingerprint density at radius 2 is 1.59 bits per heavy atom. The van der Waals surface area contributed by atoms with E-state index in [9.17, 15) is 19.8 Å². The largest absolute Gasteiger partial charge is 0.481 e. The highest BCUT2D eigenvalue weighted by atomic mass is 16.4. The van der Waals surface area contributed by atoms with Crippen LogP contribution >= 0.6 is 0 Å². The molecule has 2 saturated carbocycles. The standard InChI is InChI=1S/C23H40O4/c1-17(2)11-6-3-4-9-15-20-19(21(24)25)14-10-16-23(20,22(26)27)18-12-7-5-8-13-18/h17-20H,3-16H2,1-2H3,(H,24,25)(H,26,27). The Morgan fingerprint density at radius 3 is 2.19 bits per heavy atom. The molecule has 4 nitrogen and oxygen atoms in total. The Morgan fingerprint density at radius 1 is 0.926 bits per heavy atom. The molecular weight excluding hydrogens is 340 g/mol. The third-order valence-electron chi connectivity index (χ3n) is 7.35. The predicted molar refractivity (Wildman–Crippen MR) is 108 cm³/mol. The Labute approximate surface area is 165 Å². The average molecular weight is 381 g/mol. The zero-order valence-electron chi connectivity index (χ0n) is 17.4. The normalized spacial score (nSPS) is 29.7. The Bertz CT molecular complexity index is 481. The zero-order valence-corrected chi connectivity index (χ0v) is 17.4. The molecule has 0 heterocycles. The first-order chi connectivity index (χ1) is 12.9. The van der Waals surface area contributed by atoms with Gasteiger partial charge in [-0.2, -0.15) is 0 Å². The van der Waals surface area contributed by atoms with Gasteiger partial charge in [0, 0.05) is 0 Å².